The van der Waals surface area contributed by atoms with Crippen molar-refractivity contribution >= 4 is 24.1 Å². The largest absolute Gasteiger partial charge is 0.445 e. The molecule has 1 unspecified atom stereocenters. The average molecular weight is 608 g/mol. The van der Waals surface area contributed by atoms with E-state index < -0.39 is 28.3 Å². The summed E-state index contributed by atoms with van der Waals surface area (Å²) in [6, 6.07) is 16.9. The summed E-state index contributed by atoms with van der Waals surface area (Å²) in [5, 5.41) is 0. The molecule has 2 N–H and O–H groups in total. The molecule has 44 heavy (non-hydrogen) atoms. The maximum absolute atomic E-state index is 14.6. The van der Waals surface area contributed by atoms with E-state index in [9.17, 15) is 19.2 Å². The van der Waals surface area contributed by atoms with Crippen LogP contribution in [0.4, 0.5) is 14.4 Å². The lowest BCUT2D eigenvalue weighted by atomic mass is 9.94. The van der Waals surface area contributed by atoms with Crippen molar-refractivity contribution in [2.45, 2.75) is 84.1 Å². The third kappa shape index (κ3) is 7.96. The normalized spacial score (nSPS) is 21.4. The number of carbonyl (C=O) groups excluding carboxylic acids is 4. The minimum absolute atomic E-state index is 0.00191. The SMILES string of the molecule is C[C@@H]1CCC[N+]1(C(N)=O)C(=O)[C@@H](Cc1ccccc1)N(CC1CCN(C(=O)OC(C)(C)C)CC1)C(=O)OCc1ccccc1. The monoisotopic (exact) mass is 607 g/mol. The van der Waals surface area contributed by atoms with E-state index in [1.54, 1.807) is 4.90 Å². The molecule has 0 saturated carbocycles. The number of imide groups is 1. The van der Waals surface area contributed by atoms with E-state index in [0.29, 0.717) is 45.3 Å². The van der Waals surface area contributed by atoms with Gasteiger partial charge in [0.25, 0.3) is 0 Å². The predicted molar refractivity (Wildman–Crippen MR) is 166 cm³/mol. The molecule has 0 aromatic heterocycles. The number of hydrogen-bond donors (Lipinski definition) is 1. The van der Waals surface area contributed by atoms with Crippen molar-refractivity contribution in [1.29, 1.82) is 0 Å². The third-order valence-electron chi connectivity index (χ3n) is 8.77. The summed E-state index contributed by atoms with van der Waals surface area (Å²) in [7, 11) is 0. The minimum Gasteiger partial charge on any atom is -0.445 e. The van der Waals surface area contributed by atoms with Gasteiger partial charge in [-0.3, -0.25) is 4.90 Å². The van der Waals surface area contributed by atoms with E-state index in [1.165, 1.54) is 4.90 Å². The number of amides is 5. The number of nitrogens with zero attached hydrogens (tertiary/aromatic N) is 3. The second-order valence-electron chi connectivity index (χ2n) is 13.1. The van der Waals surface area contributed by atoms with Crippen LogP contribution in [0.2, 0.25) is 0 Å². The van der Waals surface area contributed by atoms with Gasteiger partial charge in [-0.05, 0) is 57.6 Å². The van der Waals surface area contributed by atoms with Crippen molar-refractivity contribution in [1.82, 2.24) is 9.80 Å². The molecule has 2 saturated heterocycles. The molecule has 2 aromatic carbocycles. The lowest BCUT2D eigenvalue weighted by Crippen LogP contribution is -2.67. The second kappa shape index (κ2) is 14.2. The quantitative estimate of drug-likeness (QED) is 0.397. The Labute approximate surface area is 260 Å². The number of likely N-dealkylation sites (tertiary alicyclic amines) is 2. The Bertz CT molecular complexity index is 1290. The van der Waals surface area contributed by atoms with Gasteiger partial charge in [-0.25, -0.2) is 19.2 Å². The minimum atomic E-state index is -0.974. The zero-order chi connectivity index (χ0) is 31.9. The predicted octanol–water partition coefficient (Wildman–Crippen LogP) is 5.49. The molecule has 10 nitrogen and oxygen atoms in total. The Morgan fingerprint density at radius 1 is 0.955 bits per heavy atom. The van der Waals surface area contributed by atoms with Crippen LogP contribution in [-0.4, -0.2) is 82.3 Å². The average Bonchev–Trinajstić information content (AvgIpc) is 3.40. The van der Waals surface area contributed by atoms with Crippen LogP contribution in [0.25, 0.3) is 0 Å². The van der Waals surface area contributed by atoms with Crippen LogP contribution in [0.3, 0.4) is 0 Å². The van der Waals surface area contributed by atoms with Gasteiger partial charge in [-0.15, -0.1) is 0 Å². The van der Waals surface area contributed by atoms with Gasteiger partial charge in [0, 0.05) is 38.9 Å². The fraction of sp³-hybridized carbons (Fsp3) is 0.529. The van der Waals surface area contributed by atoms with Gasteiger partial charge in [0.15, 0.2) is 6.04 Å². The molecule has 2 aromatic rings. The highest BCUT2D eigenvalue weighted by atomic mass is 16.6. The highest BCUT2D eigenvalue weighted by Gasteiger charge is 2.55. The summed E-state index contributed by atoms with van der Waals surface area (Å²) in [5.74, 6) is -0.378. The topological polar surface area (TPSA) is 119 Å². The number of carbonyl (C=O) groups is 4. The van der Waals surface area contributed by atoms with Crippen molar-refractivity contribution in [3.8, 4) is 0 Å². The number of urea groups is 1. The van der Waals surface area contributed by atoms with E-state index in [0.717, 1.165) is 11.1 Å². The fourth-order valence-electron chi connectivity index (χ4n) is 6.31. The van der Waals surface area contributed by atoms with E-state index in [-0.39, 0.29) is 43.5 Å². The molecule has 2 heterocycles. The van der Waals surface area contributed by atoms with Crippen molar-refractivity contribution < 1.29 is 33.1 Å². The first kappa shape index (κ1) is 33.0. The maximum Gasteiger partial charge on any atom is 0.421 e. The van der Waals surface area contributed by atoms with Gasteiger partial charge in [0.2, 0.25) is 0 Å². The molecule has 4 rings (SSSR count). The molecular weight excluding hydrogens is 560 g/mol. The van der Waals surface area contributed by atoms with E-state index in [4.69, 9.17) is 15.2 Å². The van der Waals surface area contributed by atoms with E-state index >= 15 is 0 Å². The number of piperidine rings is 1. The number of ether oxygens (including phenoxy) is 2. The second-order valence-corrected chi connectivity index (χ2v) is 13.1. The first-order valence-corrected chi connectivity index (χ1v) is 15.6. The van der Waals surface area contributed by atoms with Gasteiger partial charge in [0.05, 0.1) is 6.54 Å². The molecular formula is C34H47N4O6+. The molecule has 5 amide bonds. The fourth-order valence-corrected chi connectivity index (χ4v) is 6.31. The number of primary amides is 1. The lowest BCUT2D eigenvalue weighted by molar-refractivity contribution is -0.784. The summed E-state index contributed by atoms with van der Waals surface area (Å²) in [6.07, 6.45) is 1.87. The van der Waals surface area contributed by atoms with Gasteiger partial charge in [0.1, 0.15) is 18.2 Å². The smallest absolute Gasteiger partial charge is 0.421 e. The number of hydrogen-bond acceptors (Lipinski definition) is 6. The highest BCUT2D eigenvalue weighted by molar-refractivity contribution is 5.89. The number of rotatable bonds is 8. The Kier molecular flexibility index (Phi) is 10.7. The third-order valence-corrected chi connectivity index (χ3v) is 8.77. The Morgan fingerprint density at radius 3 is 2.07 bits per heavy atom. The van der Waals surface area contributed by atoms with E-state index in [2.05, 4.69) is 0 Å². The molecule has 2 aliphatic heterocycles. The highest BCUT2D eigenvalue weighted by Crippen LogP contribution is 2.31. The summed E-state index contributed by atoms with van der Waals surface area (Å²) >= 11 is 0. The van der Waals surface area contributed by atoms with E-state index in [1.807, 2.05) is 88.4 Å². The van der Waals surface area contributed by atoms with Crippen molar-refractivity contribution in [2.75, 3.05) is 26.2 Å². The molecule has 3 atom stereocenters. The Hall–Kier alpha value is -3.92. The molecule has 10 heteroatoms. The molecule has 2 fully saturated rings. The van der Waals surface area contributed by atoms with Crippen LogP contribution in [0.15, 0.2) is 60.7 Å². The zero-order valence-electron chi connectivity index (χ0n) is 26.4. The number of quaternary nitrogens is 1. The van der Waals surface area contributed by atoms with Crippen LogP contribution in [0.1, 0.15) is 64.5 Å². The van der Waals surface area contributed by atoms with Crippen LogP contribution >= 0.6 is 0 Å². The van der Waals surface area contributed by atoms with Crippen LogP contribution in [-0.2, 0) is 27.3 Å². The van der Waals surface area contributed by atoms with Gasteiger partial charge in [-0.2, -0.15) is 4.48 Å². The number of benzene rings is 2. The molecule has 2 aliphatic rings. The number of nitrogens with two attached hydrogens (primary N) is 1. The molecule has 0 aliphatic carbocycles. The Morgan fingerprint density at radius 2 is 1.55 bits per heavy atom. The zero-order valence-corrected chi connectivity index (χ0v) is 26.4. The summed E-state index contributed by atoms with van der Waals surface area (Å²) in [4.78, 5) is 57.5. The summed E-state index contributed by atoms with van der Waals surface area (Å²) in [5.41, 5.74) is 7.06. The van der Waals surface area contributed by atoms with Crippen molar-refractivity contribution in [2.24, 2.45) is 11.7 Å². The first-order valence-electron chi connectivity index (χ1n) is 15.6. The summed E-state index contributed by atoms with van der Waals surface area (Å²) in [6.45, 7) is 8.93. The van der Waals surface area contributed by atoms with Crippen LogP contribution < -0.4 is 5.73 Å². The van der Waals surface area contributed by atoms with Gasteiger partial charge in [-0.1, -0.05) is 60.7 Å². The first-order chi connectivity index (χ1) is 20.9. The lowest BCUT2D eigenvalue weighted by Gasteiger charge is -2.40. The van der Waals surface area contributed by atoms with Crippen molar-refractivity contribution in [3.63, 3.8) is 0 Å². The molecule has 0 spiro atoms. The van der Waals surface area contributed by atoms with Gasteiger partial charge >= 0.3 is 24.1 Å². The Balaban J connectivity index is 1.63. The molecule has 238 valence electrons. The van der Waals surface area contributed by atoms with Crippen LogP contribution in [0.5, 0.6) is 0 Å². The van der Waals surface area contributed by atoms with Crippen molar-refractivity contribution in [3.05, 3.63) is 71.8 Å². The van der Waals surface area contributed by atoms with Gasteiger partial charge < -0.3 is 20.1 Å². The van der Waals surface area contributed by atoms with Crippen LogP contribution in [0, 0.1) is 5.92 Å². The maximum atomic E-state index is 14.6. The summed E-state index contributed by atoms with van der Waals surface area (Å²) < 4.78 is 10.9. The standard InChI is InChI=1S/C34H46N4O6/c1-25-12-11-21-38(25,31(35)40)30(39)29(22-26-13-7-5-8-14-26)37(33(42)43-24-28-15-9-6-10-16-28)23-27-17-19-36(20-18-27)32(41)44-34(2,3)4/h5-10,13-16,25,27,29H,11-12,17-24H2,1-4H3,(H-,35,40)/p+1/t25-,29-,38?/m1/s1. The molecule has 0 radical (unpaired) electrons. The molecule has 0 bridgehead atoms.